The summed E-state index contributed by atoms with van der Waals surface area (Å²) in [6, 6.07) is 23.5. The Morgan fingerprint density at radius 3 is 1.12 bits per heavy atom. The lowest BCUT2D eigenvalue weighted by atomic mass is 9.97. The molecule has 0 saturated carbocycles. The summed E-state index contributed by atoms with van der Waals surface area (Å²) in [5.74, 6) is 0. The highest BCUT2D eigenvalue weighted by Crippen LogP contribution is 2.53. The van der Waals surface area contributed by atoms with E-state index in [0.717, 1.165) is 11.8 Å². The zero-order valence-corrected chi connectivity index (χ0v) is 34.8. The molecule has 0 aliphatic heterocycles. The minimum absolute atomic E-state index is 0.0767. The maximum Gasteiger partial charge on any atom is 0.302 e. The molecule has 0 spiro atoms. The lowest BCUT2D eigenvalue weighted by molar-refractivity contribution is -0.387. The van der Waals surface area contributed by atoms with Crippen LogP contribution in [0.4, 0.5) is 11.4 Å². The molecule has 0 heterocycles. The van der Waals surface area contributed by atoms with Gasteiger partial charge < -0.3 is 0 Å². The molecule has 57 heavy (non-hydrogen) atoms. The van der Waals surface area contributed by atoms with E-state index in [1.807, 2.05) is 0 Å². The molecular weight excluding hydrogens is 929 g/mol. The van der Waals surface area contributed by atoms with Crippen LogP contribution in [-0.2, 0) is 20.2 Å². The van der Waals surface area contributed by atoms with E-state index in [2.05, 4.69) is 0 Å². The van der Waals surface area contributed by atoms with Gasteiger partial charge in [-0.25, -0.2) is 0 Å². The third kappa shape index (κ3) is 8.20. The van der Waals surface area contributed by atoms with Crippen LogP contribution in [0.3, 0.4) is 0 Å². The number of nitro benzene ring substituents is 2. The van der Waals surface area contributed by atoms with Crippen LogP contribution in [0.25, 0.3) is 44.5 Å². The second-order valence-corrected chi connectivity index (χ2v) is 17.8. The monoisotopic (exact) mass is 944 g/mol. The average molecular weight is 947 g/mol. The first-order valence-electron chi connectivity index (χ1n) is 15.5. The van der Waals surface area contributed by atoms with E-state index in [4.69, 9.17) is 69.6 Å². The molecule has 6 aromatic rings. The van der Waals surface area contributed by atoms with E-state index in [0.29, 0.717) is 0 Å². The predicted molar refractivity (Wildman–Crippen MR) is 222 cm³/mol. The van der Waals surface area contributed by atoms with Gasteiger partial charge in [-0.3, -0.25) is 29.3 Å². The third-order valence-electron chi connectivity index (χ3n) is 8.31. The second kappa shape index (κ2) is 16.4. The van der Waals surface area contributed by atoms with Gasteiger partial charge in [0.15, 0.2) is 9.79 Å². The lowest BCUT2D eigenvalue weighted by Gasteiger charge is -2.18. The zero-order chi connectivity index (χ0) is 41.7. The van der Waals surface area contributed by atoms with Gasteiger partial charge in [0.05, 0.1) is 51.1 Å². The molecule has 0 bridgehead atoms. The summed E-state index contributed by atoms with van der Waals surface area (Å²) < 4.78 is 71.1. The van der Waals surface area contributed by atoms with Crippen LogP contribution in [-0.4, -0.2) is 35.8 Å². The van der Waals surface area contributed by atoms with Crippen molar-refractivity contribution in [1.29, 1.82) is 0 Å². The molecule has 6 aromatic carbocycles. The number of nitrogens with zero attached hydrogens (tertiary/aromatic N) is 2. The van der Waals surface area contributed by atoms with Gasteiger partial charge in [-0.15, -0.1) is 0 Å². The Balaban J connectivity index is 1.58. The normalized spacial score (nSPS) is 11.8. The molecule has 0 fully saturated rings. The fourth-order valence-electron chi connectivity index (χ4n) is 5.96. The van der Waals surface area contributed by atoms with Crippen LogP contribution in [0.5, 0.6) is 0 Å². The van der Waals surface area contributed by atoms with Crippen molar-refractivity contribution in [2.24, 2.45) is 0 Å². The molecule has 0 aromatic heterocycles. The van der Waals surface area contributed by atoms with Crippen molar-refractivity contribution >= 4 is 113 Å². The number of benzene rings is 6. The van der Waals surface area contributed by atoms with Crippen molar-refractivity contribution in [3.63, 3.8) is 0 Å². The molecule has 6 rings (SSSR count). The molecule has 0 aliphatic carbocycles. The highest BCUT2D eigenvalue weighted by atomic mass is 35.5. The molecule has 2 N–H and O–H groups in total. The first-order chi connectivity index (χ1) is 26.7. The topological polar surface area (TPSA) is 195 Å². The van der Waals surface area contributed by atoms with E-state index in [-0.39, 0.29) is 74.4 Å². The van der Waals surface area contributed by atoms with Gasteiger partial charge in [0, 0.05) is 32.0 Å². The fourth-order valence-corrected chi connectivity index (χ4v) is 10.8. The molecule has 0 aliphatic rings. The molecule has 0 amide bonds. The summed E-state index contributed by atoms with van der Waals surface area (Å²) in [6.45, 7) is 0. The van der Waals surface area contributed by atoms with Crippen LogP contribution in [0, 0.1) is 20.2 Å². The highest BCUT2D eigenvalue weighted by Gasteiger charge is 2.37. The Morgan fingerprint density at radius 2 is 0.825 bits per heavy atom. The predicted octanol–water partition coefficient (Wildman–Crippen LogP) is 12.7. The summed E-state index contributed by atoms with van der Waals surface area (Å²) >= 11 is 41.2. The van der Waals surface area contributed by atoms with E-state index >= 15 is 0 Å². The van der Waals surface area contributed by atoms with Crippen molar-refractivity contribution < 1.29 is 35.8 Å². The zero-order valence-electron chi connectivity index (χ0n) is 27.8. The quantitative estimate of drug-likeness (QED) is 0.0753. The van der Waals surface area contributed by atoms with Gasteiger partial charge >= 0.3 is 20.2 Å². The Bertz CT molecular complexity index is 2710. The van der Waals surface area contributed by atoms with Crippen LogP contribution < -0.4 is 0 Å². The summed E-state index contributed by atoms with van der Waals surface area (Å²) in [6.07, 6.45) is 0. The van der Waals surface area contributed by atoms with Gasteiger partial charge in [-0.2, -0.15) is 16.8 Å². The number of hydrogen-bond acceptors (Lipinski definition) is 9. The average Bonchev–Trinajstić information content (AvgIpc) is 3.14. The minimum Gasteiger partial charge on any atom is -0.282 e. The largest absolute Gasteiger partial charge is 0.302 e. The SMILES string of the molecule is O=[N+]([O-])c1c(-c2ccccc2)cc(-c2c(Cl)ccc(Sc3ccc(Cl)c(-c4cc(-c5ccccc5)c([N+](=O)[O-])c(S(=O)(=O)O)c4Cl)c3Cl)c2Cl)c(Cl)c1S(=O)(=O)O. The molecule has 0 saturated heterocycles. The van der Waals surface area contributed by atoms with E-state index in [1.165, 1.54) is 60.7 Å². The van der Waals surface area contributed by atoms with Crippen LogP contribution >= 0.6 is 81.4 Å². The van der Waals surface area contributed by atoms with Crippen LogP contribution in [0.2, 0.25) is 30.1 Å². The minimum atomic E-state index is -5.34. The smallest absolute Gasteiger partial charge is 0.282 e. The molecule has 12 nitrogen and oxygen atoms in total. The number of hydrogen-bond donors (Lipinski definition) is 2. The number of nitro groups is 2. The van der Waals surface area contributed by atoms with Crippen molar-refractivity contribution in [1.82, 2.24) is 0 Å². The first-order valence-corrected chi connectivity index (χ1v) is 21.4. The Labute approximate surface area is 357 Å². The Morgan fingerprint density at radius 1 is 0.491 bits per heavy atom. The number of halogens is 6. The van der Waals surface area contributed by atoms with Crippen molar-refractivity contribution in [2.75, 3.05) is 0 Å². The maximum absolute atomic E-state index is 12.7. The molecule has 0 radical (unpaired) electrons. The summed E-state index contributed by atoms with van der Waals surface area (Å²) in [5.41, 5.74) is -2.62. The first kappa shape index (κ1) is 42.6. The Kier molecular flexibility index (Phi) is 12.2. The second-order valence-electron chi connectivity index (χ2n) is 11.7. The summed E-state index contributed by atoms with van der Waals surface area (Å²) in [4.78, 5) is 20.6. The molecule has 0 unspecified atom stereocenters. The van der Waals surface area contributed by atoms with E-state index in [1.54, 1.807) is 36.4 Å². The highest BCUT2D eigenvalue weighted by molar-refractivity contribution is 7.99. The fraction of sp³-hybridized carbons (Fsp3) is 0. The molecule has 0 atom stereocenters. The van der Waals surface area contributed by atoms with Crippen LogP contribution in [0.1, 0.15) is 0 Å². The molecule has 292 valence electrons. The van der Waals surface area contributed by atoms with Gasteiger partial charge in [0.1, 0.15) is 0 Å². The third-order valence-corrected chi connectivity index (χ3v) is 13.9. The van der Waals surface area contributed by atoms with Gasteiger partial charge in [0.25, 0.3) is 11.4 Å². The van der Waals surface area contributed by atoms with Gasteiger partial charge in [-0.1, -0.05) is 142 Å². The van der Waals surface area contributed by atoms with Crippen molar-refractivity contribution in [2.45, 2.75) is 19.6 Å². The standard InChI is InChI=1S/C36H18Cl6N2O10S3/c37-23-11-13-25(31(41)27(23)21-15-19(17-7-3-1-4-8-17)33(43(45)46)35(29(21)39)56(49,50)51)55-26-14-12-24(38)28(32(26)42)22-16-20(18-9-5-2-6-10-18)34(44(47)48)36(30(22)40)57(52,53)54/h1-16H,(H,49,50,51)(H,52,53,54). The Hall–Kier alpha value is -3.97. The maximum atomic E-state index is 12.7. The van der Waals surface area contributed by atoms with Gasteiger partial charge in [-0.05, 0) is 47.5 Å². The van der Waals surface area contributed by atoms with E-state index < -0.39 is 61.3 Å². The summed E-state index contributed by atoms with van der Waals surface area (Å²) in [7, 11) is -10.7. The van der Waals surface area contributed by atoms with Crippen LogP contribution in [0.15, 0.2) is 117 Å². The summed E-state index contributed by atoms with van der Waals surface area (Å²) in [5, 5.41) is 22.6. The van der Waals surface area contributed by atoms with Crippen molar-refractivity contribution in [3.05, 3.63) is 147 Å². The van der Waals surface area contributed by atoms with E-state index in [9.17, 15) is 46.2 Å². The lowest BCUT2D eigenvalue weighted by Crippen LogP contribution is -2.07. The van der Waals surface area contributed by atoms with Gasteiger partial charge in [0.2, 0.25) is 0 Å². The molecular formula is C36H18Cl6N2O10S3. The van der Waals surface area contributed by atoms with Crippen molar-refractivity contribution in [3.8, 4) is 44.5 Å². The molecule has 21 heteroatoms. The number of rotatable bonds is 10.